The van der Waals surface area contributed by atoms with Crippen molar-refractivity contribution in [2.75, 3.05) is 23.7 Å². The number of carbonyl (C=O) groups excluding carboxylic acids is 4. The fraction of sp³-hybridized carbons (Fsp3) is 0.200. The summed E-state index contributed by atoms with van der Waals surface area (Å²) in [5.41, 5.74) is 11.2. The quantitative estimate of drug-likeness (QED) is 0.0476. The topological polar surface area (TPSA) is 260 Å². The molecule has 29 heteroatoms. The Morgan fingerprint density at radius 2 is 1.02 bits per heavy atom. The van der Waals surface area contributed by atoms with Crippen LogP contribution >= 0.6 is 23.2 Å². The van der Waals surface area contributed by atoms with E-state index in [1.165, 1.54) is 51.4 Å². The smallest absolute Gasteiger partial charge is 0.247 e. The van der Waals surface area contributed by atoms with Gasteiger partial charge in [-0.15, -0.1) is 0 Å². The minimum Gasteiger partial charge on any atom is -0.382 e. The van der Waals surface area contributed by atoms with Gasteiger partial charge in [0, 0.05) is 132 Å². The summed E-state index contributed by atoms with van der Waals surface area (Å²) in [6.45, 7) is 2.26. The monoisotopic (exact) mass is 1380 g/mol. The predicted molar refractivity (Wildman–Crippen MR) is 364 cm³/mol. The Hall–Kier alpha value is -9.56. The minimum atomic E-state index is -1.45. The number of likely N-dealkylation sites (tertiary alicyclic amines) is 2. The molecule has 6 heterocycles. The Balaban J connectivity index is 0.000000207. The van der Waals surface area contributed by atoms with Crippen molar-refractivity contribution in [3.63, 3.8) is 0 Å². The van der Waals surface area contributed by atoms with Crippen LogP contribution in [0.2, 0.25) is 10.0 Å². The Morgan fingerprint density at radius 3 is 1.44 bits per heavy atom. The van der Waals surface area contributed by atoms with Crippen LogP contribution in [0, 0.1) is 42.2 Å². The second-order valence-electron chi connectivity index (χ2n) is 21.2. The van der Waals surface area contributed by atoms with Gasteiger partial charge in [-0.1, -0.05) is 103 Å². The van der Waals surface area contributed by atoms with Crippen molar-refractivity contribution in [3.05, 3.63) is 191 Å². The minimum absolute atomic E-state index is 0. The van der Waals surface area contributed by atoms with E-state index >= 15 is 8.78 Å². The van der Waals surface area contributed by atoms with E-state index in [9.17, 15) is 33.2 Å². The number of nitrogens with two attached hydrogens (primary N) is 1. The van der Waals surface area contributed by atoms with E-state index in [1.54, 1.807) is 136 Å². The maximum absolute atomic E-state index is 15.5. The van der Waals surface area contributed by atoms with E-state index in [0.29, 0.717) is 54.6 Å². The van der Waals surface area contributed by atoms with Crippen molar-refractivity contribution in [1.82, 2.24) is 49.3 Å². The number of nitriles is 1. The molecule has 5 N–H and O–H groups in total. The number of aryl methyl sites for hydroxylation is 2. The molecular weight excluding hydrogens is 1330 g/mol. The number of halogens is 6. The molecule has 2 fully saturated rings. The van der Waals surface area contributed by atoms with E-state index in [2.05, 4.69) is 69.2 Å². The molecule has 0 saturated carbocycles. The molecule has 0 radical (unpaired) electrons. The first-order valence-electron chi connectivity index (χ1n) is 28.2. The molecule has 6 aromatic carbocycles. The maximum Gasteiger partial charge on any atom is 0.247 e. The Morgan fingerprint density at radius 1 is 0.617 bits per heavy atom. The maximum atomic E-state index is 15.5. The lowest BCUT2D eigenvalue weighted by Crippen LogP contribution is -2.44. The van der Waals surface area contributed by atoms with Crippen LogP contribution in [0.1, 0.15) is 43.3 Å². The molecule has 0 spiro atoms. The summed E-state index contributed by atoms with van der Waals surface area (Å²) in [6, 6.07) is 32.8. The highest BCUT2D eigenvalue weighted by molar-refractivity contribution is 8.51. The van der Waals surface area contributed by atoms with Crippen molar-refractivity contribution >= 4 is 126 Å². The summed E-state index contributed by atoms with van der Waals surface area (Å²) in [7, 11) is 2.34. The molecule has 94 heavy (non-hydrogen) atoms. The molecule has 4 atom stereocenters. The van der Waals surface area contributed by atoms with Gasteiger partial charge in [0.15, 0.2) is 17.3 Å². The predicted octanol–water partition coefficient (Wildman–Crippen LogP) is 11.5. The van der Waals surface area contributed by atoms with E-state index in [-0.39, 0.29) is 86.2 Å². The van der Waals surface area contributed by atoms with Gasteiger partial charge >= 0.3 is 0 Å². The number of amides is 4. The number of fused-ring (bicyclic) bond motifs is 2. The molecule has 2 saturated heterocycles. The first-order chi connectivity index (χ1) is 44.7. The Labute approximate surface area is 561 Å². The summed E-state index contributed by atoms with van der Waals surface area (Å²) in [5.74, 6) is -3.05. The van der Waals surface area contributed by atoms with Crippen molar-refractivity contribution < 1.29 is 36.7 Å². The highest BCUT2D eigenvalue weighted by Gasteiger charge is 2.42. The number of rotatable bonds is 13. The van der Waals surface area contributed by atoms with Gasteiger partial charge in [0.2, 0.25) is 23.6 Å². The molecule has 2 aliphatic heterocycles. The van der Waals surface area contributed by atoms with Gasteiger partial charge in [-0.25, -0.2) is 37.5 Å². The van der Waals surface area contributed by atoms with Crippen molar-refractivity contribution in [1.29, 1.82) is 10.7 Å². The van der Waals surface area contributed by atoms with Crippen molar-refractivity contribution in [3.8, 4) is 50.6 Å². The van der Waals surface area contributed by atoms with Gasteiger partial charge in [0.25, 0.3) is 0 Å². The van der Waals surface area contributed by atoms with Crippen molar-refractivity contribution in [2.24, 2.45) is 5.73 Å². The van der Waals surface area contributed by atoms with Crippen LogP contribution in [0.4, 0.5) is 28.9 Å². The van der Waals surface area contributed by atoms with E-state index in [1.807, 2.05) is 0 Å². The average molecular weight is 1390 g/mol. The van der Waals surface area contributed by atoms with Crippen LogP contribution in [0.3, 0.4) is 0 Å². The first-order valence-corrected chi connectivity index (χ1v) is 33.0. The number of benzene rings is 6. The van der Waals surface area contributed by atoms with E-state index in [0.717, 1.165) is 32.1 Å². The number of alkyl halides is 2. The van der Waals surface area contributed by atoms with Gasteiger partial charge in [-0.2, -0.15) is 15.5 Å². The number of hydrogen-bond acceptors (Lipinski definition) is 14. The standard InChI is InChI=1S/C32H27ClF2N8O2.C32H24ClF2N7O2.CH4.S4/c1-17-38-13-19(14-39-17)18-9-10-26-23(11-18)30(31(36)37)41-43(26)16-28(44)42-15-20(34)12-27(42)32(45)40-25-8-4-6-22(29(25)35)21-5-2-3-7-24(21)33;1-18-37-14-20(15-38-18)19-9-10-28-24(11-19)27(13-36)40-42(28)17-30(43)41-16-21(34)12-29(41)32(44)39-26-8-4-6-23(31(26)35)22-5-2-3-7-25(22)33;;1-3-4-2/h2-11,13-14,20,27H,12,15-16H2,1H3,(H3,36,37)(H,40,45);2-11,14-15,21,29H,12,16-17H2,1H3,(H,39,44);1H4;/t20-,27+;21-,29+;;/m11../s1. The summed E-state index contributed by atoms with van der Waals surface area (Å²) in [6.07, 6.45) is 3.31. The molecule has 2 aliphatic rings. The van der Waals surface area contributed by atoms with Crippen LogP contribution in [-0.2, 0) is 72.4 Å². The van der Waals surface area contributed by atoms with E-state index < -0.39 is 59.7 Å². The summed E-state index contributed by atoms with van der Waals surface area (Å²) in [4.78, 5) is 72.8. The Kier molecular flexibility index (Phi) is 22.3. The number of nitrogens with zero attached hydrogens (tertiary/aromatic N) is 11. The van der Waals surface area contributed by atoms with Crippen LogP contribution in [-0.4, -0.2) is 116 Å². The zero-order valence-electron chi connectivity index (χ0n) is 48.9. The first kappa shape index (κ1) is 68.8. The van der Waals surface area contributed by atoms with Crippen molar-refractivity contribution in [2.45, 2.75) is 71.6 Å². The molecule has 10 aromatic rings. The number of amidine groups is 1. The highest BCUT2D eigenvalue weighted by Crippen LogP contribution is 2.36. The number of nitrogen functional groups attached to an aromatic ring is 1. The molecule has 4 amide bonds. The molecule has 0 bridgehead atoms. The number of aromatic nitrogens is 8. The lowest BCUT2D eigenvalue weighted by atomic mass is 10.0. The van der Waals surface area contributed by atoms with Crippen LogP contribution in [0.5, 0.6) is 0 Å². The highest BCUT2D eigenvalue weighted by atomic mass is 35.5. The fourth-order valence-corrected chi connectivity index (χ4v) is 11.3. The lowest BCUT2D eigenvalue weighted by molar-refractivity contribution is -0.137. The van der Waals surface area contributed by atoms with Gasteiger partial charge < -0.3 is 26.2 Å². The second-order valence-corrected chi connectivity index (χ2v) is 25.6. The van der Waals surface area contributed by atoms with Gasteiger partial charge in [-0.3, -0.25) is 34.0 Å². The summed E-state index contributed by atoms with van der Waals surface area (Å²) in [5, 5.41) is 33.3. The molecule has 0 unspecified atom stereocenters. The third-order valence-corrected chi connectivity index (χ3v) is 18.2. The number of carbonyl (C=O) groups is 4. The number of nitrogens with one attached hydrogen (secondary N) is 3. The average Bonchev–Trinajstić information content (AvgIpc) is 1.61. The number of anilines is 2. The second kappa shape index (κ2) is 30.5. The fourth-order valence-electron chi connectivity index (χ4n) is 10.8. The molecule has 4 aromatic heterocycles. The van der Waals surface area contributed by atoms with Gasteiger partial charge in [0.1, 0.15) is 66.8 Å². The Bertz CT molecular complexity index is 4690. The van der Waals surface area contributed by atoms with Gasteiger partial charge in [-0.05, 0) is 73.5 Å². The van der Waals surface area contributed by atoms with Gasteiger partial charge in [0.05, 0.1) is 35.5 Å². The van der Waals surface area contributed by atoms with Crippen LogP contribution in [0.25, 0.3) is 66.3 Å². The SMILES string of the molecule is C.Cc1ncc(-c2ccc3c(c2)c(C#N)nn3CC(=O)N2C[C@H](F)C[C@H]2C(=O)Nc2cccc(-c3ccccc3Cl)c2F)cn1.Cc1ncc(-c2ccc3c(c2)c(C(=N)N)nn3CC(=O)N2C[C@H](F)C[C@H]2C(=O)Nc2cccc(-c3ccccc3Cl)c2F)cn1.S=S=S=S. The molecule has 12 rings (SSSR count). The number of hydrogen-bond donors (Lipinski definition) is 4. The zero-order valence-corrected chi connectivity index (χ0v) is 53.7. The molecular formula is C65H55Cl2F4N15O4S4. The summed E-state index contributed by atoms with van der Waals surface area (Å²) >= 11 is 21.2. The largest absolute Gasteiger partial charge is 0.382 e. The zero-order chi connectivity index (χ0) is 66.2. The molecule has 0 aliphatic carbocycles. The third-order valence-electron chi connectivity index (χ3n) is 15.3. The summed E-state index contributed by atoms with van der Waals surface area (Å²) < 4.78 is 63.0. The lowest BCUT2D eigenvalue weighted by Gasteiger charge is -2.24. The van der Waals surface area contributed by atoms with Crippen LogP contribution in [0.15, 0.2) is 146 Å². The normalized spacial score (nSPS) is 15.6. The van der Waals surface area contributed by atoms with E-state index in [4.69, 9.17) is 34.3 Å². The molecule has 480 valence electrons. The third kappa shape index (κ3) is 15.2. The van der Waals surface area contributed by atoms with Crippen LogP contribution < -0.4 is 16.4 Å². The molecule has 19 nitrogen and oxygen atoms in total.